The van der Waals surface area contributed by atoms with Crippen molar-refractivity contribution in [2.24, 2.45) is 0 Å². The summed E-state index contributed by atoms with van der Waals surface area (Å²) in [6.45, 7) is 3.81. The molecule has 1 aliphatic carbocycles. The normalized spacial score (nSPS) is 21.4. The standard InChI is InChI=1S/C20H30ClN3O3S/c1-16(20(25)22(2)18-6-4-3-5-7-18)23-12-14-24(15-13-23)28(26,27)19-10-8-17(21)9-11-19/h8-11,16,18H,3-7,12-15H2,1-2H3/t16-/m1/s1. The summed E-state index contributed by atoms with van der Waals surface area (Å²) >= 11 is 5.86. The molecule has 3 rings (SSSR count). The molecule has 1 aliphatic heterocycles. The van der Waals surface area contributed by atoms with Crippen molar-refractivity contribution < 1.29 is 13.2 Å². The molecule has 1 amide bonds. The molecule has 6 nitrogen and oxygen atoms in total. The number of amides is 1. The number of likely N-dealkylation sites (N-methyl/N-ethyl adjacent to an activating group) is 1. The number of hydrogen-bond donors (Lipinski definition) is 0. The summed E-state index contributed by atoms with van der Waals surface area (Å²) in [7, 11) is -1.62. The molecule has 1 aromatic carbocycles. The Kier molecular flexibility index (Phi) is 7.02. The molecular formula is C20H30ClN3O3S. The van der Waals surface area contributed by atoms with Crippen LogP contribution in [0.2, 0.25) is 5.02 Å². The molecule has 1 aromatic rings. The van der Waals surface area contributed by atoms with Gasteiger partial charge in [0, 0.05) is 44.3 Å². The van der Waals surface area contributed by atoms with Crippen molar-refractivity contribution in [1.82, 2.24) is 14.1 Å². The van der Waals surface area contributed by atoms with Crippen molar-refractivity contribution in [3.05, 3.63) is 29.3 Å². The molecule has 0 unspecified atom stereocenters. The van der Waals surface area contributed by atoms with Crippen molar-refractivity contribution in [3.63, 3.8) is 0 Å². The largest absolute Gasteiger partial charge is 0.341 e. The zero-order valence-electron chi connectivity index (χ0n) is 16.7. The van der Waals surface area contributed by atoms with E-state index in [2.05, 4.69) is 4.90 Å². The first-order valence-electron chi connectivity index (χ1n) is 10.1. The number of piperazine rings is 1. The maximum absolute atomic E-state index is 12.9. The van der Waals surface area contributed by atoms with Crippen LogP contribution in [-0.4, -0.2) is 73.7 Å². The van der Waals surface area contributed by atoms with Gasteiger partial charge < -0.3 is 4.90 Å². The molecule has 156 valence electrons. The van der Waals surface area contributed by atoms with E-state index in [4.69, 9.17) is 11.6 Å². The predicted molar refractivity (Wildman–Crippen MR) is 111 cm³/mol. The predicted octanol–water partition coefficient (Wildman–Crippen LogP) is 2.83. The Balaban J connectivity index is 1.58. The van der Waals surface area contributed by atoms with Gasteiger partial charge in [0.2, 0.25) is 15.9 Å². The number of rotatable bonds is 5. The monoisotopic (exact) mass is 427 g/mol. The van der Waals surface area contributed by atoms with E-state index < -0.39 is 10.0 Å². The van der Waals surface area contributed by atoms with E-state index in [0.29, 0.717) is 37.2 Å². The number of hydrogen-bond acceptors (Lipinski definition) is 4. The van der Waals surface area contributed by atoms with Gasteiger partial charge in [-0.15, -0.1) is 0 Å². The van der Waals surface area contributed by atoms with Crippen LogP contribution in [0.15, 0.2) is 29.2 Å². The summed E-state index contributed by atoms with van der Waals surface area (Å²) in [6, 6.07) is 6.37. The smallest absolute Gasteiger partial charge is 0.243 e. The fourth-order valence-corrected chi connectivity index (χ4v) is 5.73. The average molecular weight is 428 g/mol. The Hall–Kier alpha value is -1.15. The van der Waals surface area contributed by atoms with E-state index in [1.165, 1.54) is 35.7 Å². The lowest BCUT2D eigenvalue weighted by atomic mass is 9.94. The summed E-state index contributed by atoms with van der Waals surface area (Å²) in [6.07, 6.45) is 5.82. The molecule has 0 bridgehead atoms. The van der Waals surface area contributed by atoms with E-state index in [1.807, 2.05) is 18.9 Å². The third-order valence-corrected chi connectivity index (χ3v) is 8.26. The second kappa shape index (κ2) is 9.11. The second-order valence-electron chi connectivity index (χ2n) is 7.81. The number of carbonyl (C=O) groups is 1. The van der Waals surface area contributed by atoms with Crippen molar-refractivity contribution in [2.45, 2.75) is 56.0 Å². The first-order valence-corrected chi connectivity index (χ1v) is 11.9. The number of halogens is 1. The summed E-state index contributed by atoms with van der Waals surface area (Å²) in [5.74, 6) is 0.140. The maximum atomic E-state index is 12.9. The van der Waals surface area contributed by atoms with Crippen LogP contribution >= 0.6 is 11.6 Å². The number of benzene rings is 1. The van der Waals surface area contributed by atoms with Gasteiger partial charge in [0.1, 0.15) is 0 Å². The van der Waals surface area contributed by atoms with E-state index in [9.17, 15) is 13.2 Å². The summed E-state index contributed by atoms with van der Waals surface area (Å²) in [5, 5.41) is 0.512. The van der Waals surface area contributed by atoms with E-state index in [1.54, 1.807) is 12.1 Å². The molecule has 2 aliphatic rings. The van der Waals surface area contributed by atoms with Crippen LogP contribution in [0, 0.1) is 0 Å². The number of nitrogens with zero attached hydrogens (tertiary/aromatic N) is 3. The number of carbonyl (C=O) groups excluding carboxylic acids is 1. The quantitative estimate of drug-likeness (QED) is 0.724. The van der Waals surface area contributed by atoms with Gasteiger partial charge in [0.05, 0.1) is 10.9 Å². The van der Waals surface area contributed by atoms with Crippen LogP contribution in [-0.2, 0) is 14.8 Å². The molecule has 28 heavy (non-hydrogen) atoms. The SMILES string of the molecule is C[C@H](C(=O)N(C)C1CCCCC1)N1CCN(S(=O)(=O)c2ccc(Cl)cc2)CC1. The van der Waals surface area contributed by atoms with Gasteiger partial charge >= 0.3 is 0 Å². The van der Waals surface area contributed by atoms with Gasteiger partial charge in [-0.05, 0) is 44.0 Å². The molecular weight excluding hydrogens is 398 g/mol. The fraction of sp³-hybridized carbons (Fsp3) is 0.650. The molecule has 1 saturated carbocycles. The summed E-state index contributed by atoms with van der Waals surface area (Å²) in [4.78, 5) is 17.2. The first-order chi connectivity index (χ1) is 13.3. The van der Waals surface area contributed by atoms with Crippen molar-refractivity contribution in [2.75, 3.05) is 33.2 Å². The molecule has 8 heteroatoms. The summed E-state index contributed by atoms with van der Waals surface area (Å²) in [5.41, 5.74) is 0. The molecule has 1 atom stereocenters. The fourth-order valence-electron chi connectivity index (χ4n) is 4.19. The third kappa shape index (κ3) is 4.70. The molecule has 1 heterocycles. The van der Waals surface area contributed by atoms with Crippen LogP contribution in [0.3, 0.4) is 0 Å². The molecule has 0 radical (unpaired) electrons. The van der Waals surface area contributed by atoms with Crippen LogP contribution in [0.25, 0.3) is 0 Å². The molecule has 0 N–H and O–H groups in total. The van der Waals surface area contributed by atoms with Crippen LogP contribution in [0.4, 0.5) is 0 Å². The average Bonchev–Trinajstić information content (AvgIpc) is 2.73. The zero-order chi connectivity index (χ0) is 20.3. The Morgan fingerprint density at radius 2 is 1.64 bits per heavy atom. The van der Waals surface area contributed by atoms with E-state index in [0.717, 1.165) is 12.8 Å². The lowest BCUT2D eigenvalue weighted by molar-refractivity contribution is -0.138. The van der Waals surface area contributed by atoms with Gasteiger partial charge in [0.15, 0.2) is 0 Å². The number of sulfonamides is 1. The van der Waals surface area contributed by atoms with Crippen LogP contribution < -0.4 is 0 Å². The Bertz CT molecular complexity index is 770. The van der Waals surface area contributed by atoms with E-state index in [-0.39, 0.29) is 16.8 Å². The lowest BCUT2D eigenvalue weighted by Gasteiger charge is -2.39. The highest BCUT2D eigenvalue weighted by atomic mass is 35.5. The second-order valence-corrected chi connectivity index (χ2v) is 10.2. The highest BCUT2D eigenvalue weighted by Gasteiger charge is 2.34. The van der Waals surface area contributed by atoms with Crippen molar-refractivity contribution in [1.29, 1.82) is 0 Å². The molecule has 0 aromatic heterocycles. The minimum atomic E-state index is -3.53. The molecule has 0 spiro atoms. The van der Waals surface area contributed by atoms with Crippen molar-refractivity contribution in [3.8, 4) is 0 Å². The topological polar surface area (TPSA) is 60.9 Å². The third-order valence-electron chi connectivity index (χ3n) is 6.10. The van der Waals surface area contributed by atoms with Gasteiger partial charge in [0.25, 0.3) is 0 Å². The molecule has 2 fully saturated rings. The van der Waals surface area contributed by atoms with Crippen LogP contribution in [0.5, 0.6) is 0 Å². The lowest BCUT2D eigenvalue weighted by Crippen LogP contribution is -2.56. The van der Waals surface area contributed by atoms with E-state index >= 15 is 0 Å². The highest BCUT2D eigenvalue weighted by molar-refractivity contribution is 7.89. The minimum Gasteiger partial charge on any atom is -0.341 e. The minimum absolute atomic E-state index is 0.140. The molecule has 1 saturated heterocycles. The Morgan fingerprint density at radius 1 is 1.07 bits per heavy atom. The first kappa shape index (κ1) is 21.6. The maximum Gasteiger partial charge on any atom is 0.243 e. The highest BCUT2D eigenvalue weighted by Crippen LogP contribution is 2.24. The van der Waals surface area contributed by atoms with Crippen molar-refractivity contribution >= 4 is 27.5 Å². The van der Waals surface area contributed by atoms with Gasteiger partial charge in [-0.2, -0.15) is 4.31 Å². The Morgan fingerprint density at radius 3 is 2.21 bits per heavy atom. The summed E-state index contributed by atoms with van der Waals surface area (Å²) < 4.78 is 27.1. The van der Waals surface area contributed by atoms with Gasteiger partial charge in [-0.25, -0.2) is 8.42 Å². The zero-order valence-corrected chi connectivity index (χ0v) is 18.3. The Labute approximate surface area is 173 Å². The van der Waals surface area contributed by atoms with Gasteiger partial charge in [-0.3, -0.25) is 9.69 Å². The van der Waals surface area contributed by atoms with Crippen LogP contribution in [0.1, 0.15) is 39.0 Å². The van der Waals surface area contributed by atoms with Gasteiger partial charge in [-0.1, -0.05) is 30.9 Å².